The second-order valence-corrected chi connectivity index (χ2v) is 5.49. The highest BCUT2D eigenvalue weighted by atomic mass is 35.5. The zero-order valence-corrected chi connectivity index (χ0v) is 13.2. The standard InChI is InChI=1S/C16H22ClN3/c1-4-5-9-18-10-14-11-19-20(13(14)3)16-8-6-7-15(17)12(16)2/h6-8,11,18H,4-5,9-10H2,1-3H3. The van der Waals surface area contributed by atoms with Crippen molar-refractivity contribution in [1.82, 2.24) is 15.1 Å². The number of benzene rings is 1. The van der Waals surface area contributed by atoms with Gasteiger partial charge < -0.3 is 5.32 Å². The SMILES string of the molecule is CCCCNCc1cnn(-c2cccc(Cl)c2C)c1C. The van der Waals surface area contributed by atoms with Crippen molar-refractivity contribution in [2.24, 2.45) is 0 Å². The van der Waals surface area contributed by atoms with Crippen LogP contribution < -0.4 is 5.32 Å². The van der Waals surface area contributed by atoms with Crippen molar-refractivity contribution < 1.29 is 0 Å². The molecule has 0 saturated heterocycles. The van der Waals surface area contributed by atoms with Gasteiger partial charge in [0.2, 0.25) is 0 Å². The monoisotopic (exact) mass is 291 g/mol. The second kappa shape index (κ2) is 6.91. The molecule has 1 aromatic heterocycles. The van der Waals surface area contributed by atoms with Crippen LogP contribution in [0.5, 0.6) is 0 Å². The Morgan fingerprint density at radius 2 is 2.10 bits per heavy atom. The third kappa shape index (κ3) is 3.22. The number of rotatable bonds is 6. The van der Waals surface area contributed by atoms with Crippen LogP contribution in [0.1, 0.15) is 36.6 Å². The molecular formula is C16H22ClN3. The molecule has 2 aromatic rings. The van der Waals surface area contributed by atoms with Crippen LogP contribution in [0, 0.1) is 13.8 Å². The predicted octanol–water partition coefficient (Wildman–Crippen LogP) is 4.03. The van der Waals surface area contributed by atoms with E-state index in [2.05, 4.69) is 30.3 Å². The highest BCUT2D eigenvalue weighted by Crippen LogP contribution is 2.23. The number of unbranched alkanes of at least 4 members (excludes halogenated alkanes) is 1. The minimum Gasteiger partial charge on any atom is -0.313 e. The van der Waals surface area contributed by atoms with E-state index < -0.39 is 0 Å². The summed E-state index contributed by atoms with van der Waals surface area (Å²) in [5, 5.41) is 8.74. The summed E-state index contributed by atoms with van der Waals surface area (Å²) in [6.07, 6.45) is 4.36. The summed E-state index contributed by atoms with van der Waals surface area (Å²) in [5.41, 5.74) is 4.51. The van der Waals surface area contributed by atoms with E-state index in [9.17, 15) is 0 Å². The molecule has 0 spiro atoms. The molecule has 1 aromatic carbocycles. The van der Waals surface area contributed by atoms with Crippen LogP contribution in [0.15, 0.2) is 24.4 Å². The third-order valence-electron chi connectivity index (χ3n) is 3.60. The molecule has 1 heterocycles. The van der Waals surface area contributed by atoms with E-state index >= 15 is 0 Å². The minimum atomic E-state index is 0.778. The molecule has 0 atom stereocenters. The van der Waals surface area contributed by atoms with Crippen molar-refractivity contribution in [2.75, 3.05) is 6.54 Å². The highest BCUT2D eigenvalue weighted by molar-refractivity contribution is 6.31. The van der Waals surface area contributed by atoms with Gasteiger partial charge in [-0.15, -0.1) is 0 Å². The van der Waals surface area contributed by atoms with E-state index in [1.54, 1.807) is 0 Å². The lowest BCUT2D eigenvalue weighted by Crippen LogP contribution is -2.15. The molecule has 0 aliphatic carbocycles. The zero-order valence-electron chi connectivity index (χ0n) is 12.4. The fourth-order valence-corrected chi connectivity index (χ4v) is 2.38. The zero-order chi connectivity index (χ0) is 14.5. The molecule has 0 aliphatic rings. The Bertz CT molecular complexity index is 575. The lowest BCUT2D eigenvalue weighted by molar-refractivity contribution is 0.639. The van der Waals surface area contributed by atoms with Crippen LogP contribution in [0.25, 0.3) is 5.69 Å². The van der Waals surface area contributed by atoms with Crippen LogP contribution in [0.3, 0.4) is 0 Å². The molecule has 0 radical (unpaired) electrons. The van der Waals surface area contributed by atoms with Crippen molar-refractivity contribution in [3.8, 4) is 5.69 Å². The van der Waals surface area contributed by atoms with Gasteiger partial charge in [0, 0.05) is 22.8 Å². The fraction of sp³-hybridized carbons (Fsp3) is 0.438. The van der Waals surface area contributed by atoms with Gasteiger partial charge in [0.1, 0.15) is 0 Å². The first-order chi connectivity index (χ1) is 9.65. The van der Waals surface area contributed by atoms with Gasteiger partial charge in [0.25, 0.3) is 0 Å². The largest absolute Gasteiger partial charge is 0.313 e. The van der Waals surface area contributed by atoms with Crippen molar-refractivity contribution >= 4 is 11.6 Å². The molecule has 2 rings (SSSR count). The normalized spacial score (nSPS) is 11.0. The summed E-state index contributed by atoms with van der Waals surface area (Å²) < 4.78 is 1.97. The molecule has 108 valence electrons. The van der Waals surface area contributed by atoms with Gasteiger partial charge in [-0.1, -0.05) is 31.0 Å². The Kier molecular flexibility index (Phi) is 5.21. The Morgan fingerprint density at radius 1 is 1.30 bits per heavy atom. The van der Waals surface area contributed by atoms with E-state index in [-0.39, 0.29) is 0 Å². The van der Waals surface area contributed by atoms with Crippen molar-refractivity contribution in [3.63, 3.8) is 0 Å². The van der Waals surface area contributed by atoms with Crippen LogP contribution in [0.2, 0.25) is 5.02 Å². The van der Waals surface area contributed by atoms with Gasteiger partial charge in [-0.2, -0.15) is 5.10 Å². The van der Waals surface area contributed by atoms with Crippen molar-refractivity contribution in [3.05, 3.63) is 46.2 Å². The van der Waals surface area contributed by atoms with Crippen molar-refractivity contribution in [2.45, 2.75) is 40.2 Å². The molecule has 0 unspecified atom stereocenters. The first-order valence-electron chi connectivity index (χ1n) is 7.14. The summed E-state index contributed by atoms with van der Waals surface area (Å²) in [6.45, 7) is 8.25. The number of halogens is 1. The number of hydrogen-bond acceptors (Lipinski definition) is 2. The average molecular weight is 292 g/mol. The molecule has 20 heavy (non-hydrogen) atoms. The first kappa shape index (κ1) is 15.1. The van der Waals surface area contributed by atoms with Gasteiger partial charge in [-0.05, 0) is 44.5 Å². The first-order valence-corrected chi connectivity index (χ1v) is 7.52. The maximum absolute atomic E-state index is 6.19. The van der Waals surface area contributed by atoms with E-state index in [4.69, 9.17) is 11.6 Å². The maximum atomic E-state index is 6.19. The molecule has 0 bridgehead atoms. The van der Waals surface area contributed by atoms with E-state index in [0.717, 1.165) is 29.4 Å². The average Bonchev–Trinajstić information content (AvgIpc) is 2.80. The number of nitrogens with one attached hydrogen (secondary N) is 1. The van der Waals surface area contributed by atoms with E-state index in [0.29, 0.717) is 0 Å². The topological polar surface area (TPSA) is 29.9 Å². The molecule has 1 N–H and O–H groups in total. The molecular weight excluding hydrogens is 270 g/mol. The lowest BCUT2D eigenvalue weighted by Gasteiger charge is -2.10. The van der Waals surface area contributed by atoms with Gasteiger partial charge in [-0.25, -0.2) is 4.68 Å². The number of hydrogen-bond donors (Lipinski definition) is 1. The van der Waals surface area contributed by atoms with Gasteiger partial charge in [0.15, 0.2) is 0 Å². The van der Waals surface area contributed by atoms with E-state index in [1.165, 1.54) is 24.1 Å². The summed E-state index contributed by atoms with van der Waals surface area (Å²) in [4.78, 5) is 0. The fourth-order valence-electron chi connectivity index (χ4n) is 2.21. The molecule has 0 saturated carbocycles. The Balaban J connectivity index is 2.18. The molecule has 0 fully saturated rings. The quantitative estimate of drug-likeness (QED) is 0.814. The van der Waals surface area contributed by atoms with Crippen LogP contribution in [-0.4, -0.2) is 16.3 Å². The Hall–Kier alpha value is -1.32. The van der Waals surface area contributed by atoms with Crippen molar-refractivity contribution in [1.29, 1.82) is 0 Å². The van der Waals surface area contributed by atoms with Gasteiger partial charge in [0.05, 0.1) is 11.9 Å². The molecule has 0 amide bonds. The predicted molar refractivity (Wildman–Crippen MR) is 84.7 cm³/mol. The summed E-state index contributed by atoms with van der Waals surface area (Å²) >= 11 is 6.19. The smallest absolute Gasteiger partial charge is 0.0692 e. The third-order valence-corrected chi connectivity index (χ3v) is 4.01. The molecule has 4 heteroatoms. The second-order valence-electron chi connectivity index (χ2n) is 5.08. The van der Waals surface area contributed by atoms with E-state index in [1.807, 2.05) is 29.9 Å². The molecule has 3 nitrogen and oxygen atoms in total. The maximum Gasteiger partial charge on any atom is 0.0692 e. The number of nitrogens with zero attached hydrogens (tertiary/aromatic N) is 2. The summed E-state index contributed by atoms with van der Waals surface area (Å²) in [5.74, 6) is 0. The summed E-state index contributed by atoms with van der Waals surface area (Å²) in [6, 6.07) is 5.92. The minimum absolute atomic E-state index is 0.778. The highest BCUT2D eigenvalue weighted by Gasteiger charge is 2.10. The Labute approximate surface area is 126 Å². The molecule has 0 aliphatic heterocycles. The van der Waals surface area contributed by atoms with Crippen LogP contribution in [-0.2, 0) is 6.54 Å². The lowest BCUT2D eigenvalue weighted by atomic mass is 10.2. The van der Waals surface area contributed by atoms with Crippen LogP contribution >= 0.6 is 11.6 Å². The van der Waals surface area contributed by atoms with Gasteiger partial charge in [-0.3, -0.25) is 0 Å². The summed E-state index contributed by atoms with van der Waals surface area (Å²) in [7, 11) is 0. The van der Waals surface area contributed by atoms with Gasteiger partial charge >= 0.3 is 0 Å². The number of aromatic nitrogens is 2. The van der Waals surface area contributed by atoms with Crippen LogP contribution in [0.4, 0.5) is 0 Å². The Morgan fingerprint density at radius 3 is 2.85 bits per heavy atom.